The van der Waals surface area contributed by atoms with Gasteiger partial charge in [0.05, 0.1) is 17.9 Å². The van der Waals surface area contributed by atoms with Crippen molar-refractivity contribution >= 4 is 12.0 Å². The molecule has 1 aliphatic heterocycles. The molecule has 1 aromatic carbocycles. The van der Waals surface area contributed by atoms with Crippen LogP contribution in [-0.2, 0) is 4.74 Å². The van der Waals surface area contributed by atoms with Gasteiger partial charge in [0.2, 0.25) is 0 Å². The first-order valence-electron chi connectivity index (χ1n) is 10.9. The van der Waals surface area contributed by atoms with Crippen LogP contribution in [0.3, 0.4) is 0 Å². The number of carbonyl (C=O) groups is 2. The van der Waals surface area contributed by atoms with Gasteiger partial charge in [0.25, 0.3) is 5.91 Å². The molecule has 3 heterocycles. The Labute approximate surface area is 193 Å². The third-order valence-electron chi connectivity index (χ3n) is 5.39. The number of hydrogen-bond acceptors (Lipinski definition) is 6. The minimum Gasteiger partial charge on any atom is -0.444 e. The summed E-state index contributed by atoms with van der Waals surface area (Å²) in [6.07, 6.45) is 4.60. The summed E-state index contributed by atoms with van der Waals surface area (Å²) in [5.74, 6) is -0.237. The topological polar surface area (TPSA) is 93.5 Å². The molecule has 0 radical (unpaired) electrons. The Hall–Kier alpha value is -3.75. The molecule has 9 nitrogen and oxygen atoms in total. The van der Waals surface area contributed by atoms with E-state index in [-0.39, 0.29) is 23.7 Å². The molecule has 0 bridgehead atoms. The minimum atomic E-state index is -0.593. The highest BCUT2D eigenvalue weighted by Crippen LogP contribution is 2.27. The molecule has 0 spiro atoms. The van der Waals surface area contributed by atoms with Gasteiger partial charge in [-0.15, -0.1) is 5.10 Å². The molecule has 1 aliphatic rings. The molecule has 33 heavy (non-hydrogen) atoms. The maximum atomic E-state index is 13.4. The first kappa shape index (κ1) is 22.4. The quantitative estimate of drug-likeness (QED) is 0.610. The molecule has 3 aromatic rings. The van der Waals surface area contributed by atoms with E-state index in [9.17, 15) is 9.59 Å². The molecule has 172 valence electrons. The second-order valence-corrected chi connectivity index (χ2v) is 9.11. The van der Waals surface area contributed by atoms with E-state index in [1.54, 1.807) is 33.1 Å². The van der Waals surface area contributed by atoms with E-state index in [2.05, 4.69) is 15.3 Å². The number of hydrogen-bond donors (Lipinski definition) is 0. The zero-order valence-electron chi connectivity index (χ0n) is 19.3. The van der Waals surface area contributed by atoms with Crippen molar-refractivity contribution < 1.29 is 14.3 Å². The first-order chi connectivity index (χ1) is 15.7. The van der Waals surface area contributed by atoms with Crippen LogP contribution in [0.4, 0.5) is 4.79 Å². The number of pyridine rings is 1. The largest absolute Gasteiger partial charge is 0.444 e. The Morgan fingerprint density at radius 3 is 2.39 bits per heavy atom. The lowest BCUT2D eigenvalue weighted by Gasteiger charge is -2.41. The van der Waals surface area contributed by atoms with Crippen LogP contribution < -0.4 is 0 Å². The molecule has 1 unspecified atom stereocenters. The summed E-state index contributed by atoms with van der Waals surface area (Å²) < 4.78 is 7.14. The van der Waals surface area contributed by atoms with Crippen LogP contribution >= 0.6 is 0 Å². The van der Waals surface area contributed by atoms with Crippen molar-refractivity contribution in [3.8, 4) is 5.69 Å². The number of piperazine rings is 1. The fourth-order valence-corrected chi connectivity index (χ4v) is 3.72. The van der Waals surface area contributed by atoms with E-state index in [4.69, 9.17) is 4.74 Å². The smallest absolute Gasteiger partial charge is 0.410 e. The van der Waals surface area contributed by atoms with Gasteiger partial charge in [-0.25, -0.2) is 9.48 Å². The molecular weight excluding hydrogens is 420 g/mol. The number of rotatable bonds is 3. The third kappa shape index (κ3) is 5.19. The second-order valence-electron chi connectivity index (χ2n) is 9.11. The lowest BCUT2D eigenvalue weighted by Crippen LogP contribution is -2.53. The van der Waals surface area contributed by atoms with Crippen LogP contribution in [0.2, 0.25) is 0 Å². The fraction of sp³-hybridized carbons (Fsp3) is 0.375. The monoisotopic (exact) mass is 448 g/mol. The Balaban J connectivity index is 1.57. The number of amides is 2. The lowest BCUT2D eigenvalue weighted by molar-refractivity contribution is 0.00395. The number of aryl methyl sites for hydroxylation is 1. The van der Waals surface area contributed by atoms with Crippen molar-refractivity contribution in [2.45, 2.75) is 39.3 Å². The normalized spacial score (nSPS) is 16.5. The SMILES string of the molecule is Cc1ccc(-n2cc(C(=O)N3CCN(C(=O)OC(C)(C)C)CC3c3ccncc3)nn2)cc1. The average Bonchev–Trinajstić information content (AvgIpc) is 3.28. The molecule has 1 saturated heterocycles. The Morgan fingerprint density at radius 1 is 1.03 bits per heavy atom. The zero-order chi connectivity index (χ0) is 23.6. The molecule has 0 N–H and O–H groups in total. The summed E-state index contributed by atoms with van der Waals surface area (Å²) in [5.41, 5.74) is 2.51. The van der Waals surface area contributed by atoms with Gasteiger partial charge < -0.3 is 14.5 Å². The highest BCUT2D eigenvalue weighted by Gasteiger charge is 2.36. The maximum absolute atomic E-state index is 13.4. The molecule has 9 heteroatoms. The Bertz CT molecular complexity index is 1120. The first-order valence-corrected chi connectivity index (χ1v) is 10.9. The van der Waals surface area contributed by atoms with E-state index in [0.29, 0.717) is 19.6 Å². The van der Waals surface area contributed by atoms with Crippen LogP contribution in [0, 0.1) is 6.92 Å². The van der Waals surface area contributed by atoms with Gasteiger partial charge in [-0.1, -0.05) is 22.9 Å². The van der Waals surface area contributed by atoms with Gasteiger partial charge in [0.1, 0.15) is 5.60 Å². The summed E-state index contributed by atoms with van der Waals surface area (Å²) in [7, 11) is 0. The molecular formula is C24H28N6O3. The zero-order valence-corrected chi connectivity index (χ0v) is 19.3. The van der Waals surface area contributed by atoms with E-state index in [0.717, 1.165) is 16.8 Å². The van der Waals surface area contributed by atoms with Gasteiger partial charge >= 0.3 is 6.09 Å². The standard InChI is InChI=1S/C24H28N6O3/c1-17-5-7-19(8-6-17)30-15-20(26-27-30)22(31)29-14-13-28(23(32)33-24(2,3)4)16-21(29)18-9-11-25-12-10-18/h5-12,15,21H,13-14,16H2,1-4H3. The average molecular weight is 449 g/mol. The van der Waals surface area contributed by atoms with Crippen molar-refractivity contribution in [1.82, 2.24) is 29.8 Å². The third-order valence-corrected chi connectivity index (χ3v) is 5.39. The van der Waals surface area contributed by atoms with Crippen LogP contribution in [-0.4, -0.2) is 67.0 Å². The minimum absolute atomic E-state index is 0.237. The molecule has 0 saturated carbocycles. The number of nitrogens with zero attached hydrogens (tertiary/aromatic N) is 6. The van der Waals surface area contributed by atoms with Crippen molar-refractivity contribution in [3.05, 3.63) is 71.8 Å². The van der Waals surface area contributed by atoms with Crippen LogP contribution in [0.1, 0.15) is 48.4 Å². The molecule has 4 rings (SSSR count). The molecule has 1 atom stereocenters. The summed E-state index contributed by atoms with van der Waals surface area (Å²) in [5, 5.41) is 8.26. The van der Waals surface area contributed by atoms with Crippen molar-refractivity contribution in [2.24, 2.45) is 0 Å². The Morgan fingerprint density at radius 2 is 1.73 bits per heavy atom. The van der Waals surface area contributed by atoms with Gasteiger partial charge in [-0.3, -0.25) is 9.78 Å². The number of ether oxygens (including phenoxy) is 1. The second kappa shape index (κ2) is 9.01. The molecule has 2 aromatic heterocycles. The van der Waals surface area contributed by atoms with Gasteiger partial charge in [0.15, 0.2) is 5.69 Å². The lowest BCUT2D eigenvalue weighted by atomic mass is 10.0. The van der Waals surface area contributed by atoms with Crippen LogP contribution in [0.15, 0.2) is 55.0 Å². The maximum Gasteiger partial charge on any atom is 0.410 e. The predicted molar refractivity (Wildman–Crippen MR) is 122 cm³/mol. The molecule has 2 amide bonds. The van der Waals surface area contributed by atoms with Gasteiger partial charge in [-0.05, 0) is 57.5 Å². The van der Waals surface area contributed by atoms with Crippen LogP contribution in [0.5, 0.6) is 0 Å². The van der Waals surface area contributed by atoms with Gasteiger partial charge in [-0.2, -0.15) is 0 Å². The van der Waals surface area contributed by atoms with Crippen molar-refractivity contribution in [1.29, 1.82) is 0 Å². The number of carbonyl (C=O) groups excluding carboxylic acids is 2. The summed E-state index contributed by atoms with van der Waals surface area (Å²) >= 11 is 0. The molecule has 0 aliphatic carbocycles. The van der Waals surface area contributed by atoms with Gasteiger partial charge in [0, 0.05) is 32.0 Å². The highest BCUT2D eigenvalue weighted by atomic mass is 16.6. The summed E-state index contributed by atoms with van der Waals surface area (Å²) in [6.45, 7) is 8.55. The Kier molecular flexibility index (Phi) is 6.13. The van der Waals surface area contributed by atoms with E-state index < -0.39 is 5.60 Å². The van der Waals surface area contributed by atoms with Crippen molar-refractivity contribution in [2.75, 3.05) is 19.6 Å². The van der Waals surface area contributed by atoms with E-state index in [1.165, 1.54) is 0 Å². The van der Waals surface area contributed by atoms with E-state index >= 15 is 0 Å². The van der Waals surface area contributed by atoms with Crippen molar-refractivity contribution in [3.63, 3.8) is 0 Å². The predicted octanol–water partition coefficient (Wildman–Crippen LogP) is 3.40. The highest BCUT2D eigenvalue weighted by molar-refractivity contribution is 5.92. The fourth-order valence-electron chi connectivity index (χ4n) is 3.72. The number of aromatic nitrogens is 4. The summed E-state index contributed by atoms with van der Waals surface area (Å²) in [4.78, 5) is 33.6. The molecule has 1 fully saturated rings. The van der Waals surface area contributed by atoms with E-state index in [1.807, 2.05) is 64.1 Å². The number of benzene rings is 1. The summed E-state index contributed by atoms with van der Waals surface area (Å²) in [6, 6.07) is 11.2. The van der Waals surface area contributed by atoms with Crippen LogP contribution in [0.25, 0.3) is 5.69 Å².